The Balaban J connectivity index is 1.89. The van der Waals surface area contributed by atoms with Crippen molar-refractivity contribution in [2.75, 3.05) is 39.8 Å². The number of likely N-dealkylation sites (N-methyl/N-ethyl adjacent to an activating group) is 1. The Morgan fingerprint density at radius 1 is 1.14 bits per heavy atom. The van der Waals surface area contributed by atoms with Crippen molar-refractivity contribution >= 4 is 23.4 Å². The lowest BCUT2D eigenvalue weighted by atomic mass is 10.1. The fraction of sp³-hybridized carbons (Fsp3) is 0.467. The van der Waals surface area contributed by atoms with Crippen molar-refractivity contribution in [3.63, 3.8) is 0 Å². The summed E-state index contributed by atoms with van der Waals surface area (Å²) in [7, 11) is 1.63. The minimum atomic E-state index is 0.00596. The summed E-state index contributed by atoms with van der Waals surface area (Å²) < 4.78 is 0. The Morgan fingerprint density at radius 3 is 2.29 bits per heavy atom. The highest BCUT2D eigenvalue weighted by molar-refractivity contribution is 6.17. The molecule has 5 nitrogen and oxygen atoms in total. The highest BCUT2D eigenvalue weighted by atomic mass is 35.5. The number of carbonyl (C=O) groups excluding carboxylic acids is 2. The van der Waals surface area contributed by atoms with Crippen molar-refractivity contribution in [1.82, 2.24) is 15.1 Å². The van der Waals surface area contributed by atoms with E-state index in [-0.39, 0.29) is 11.8 Å². The number of hydrogen-bond acceptors (Lipinski definition) is 3. The first-order chi connectivity index (χ1) is 10.1. The van der Waals surface area contributed by atoms with Crippen molar-refractivity contribution in [2.45, 2.75) is 5.88 Å². The van der Waals surface area contributed by atoms with Crippen molar-refractivity contribution in [3.05, 3.63) is 35.4 Å². The third-order valence-corrected chi connectivity index (χ3v) is 3.97. The first-order valence-corrected chi connectivity index (χ1v) is 7.54. The molecule has 1 fully saturated rings. The van der Waals surface area contributed by atoms with Crippen LogP contribution >= 0.6 is 11.6 Å². The average molecular weight is 310 g/mol. The normalized spacial score (nSPS) is 15.8. The van der Waals surface area contributed by atoms with E-state index < -0.39 is 0 Å². The molecule has 1 heterocycles. The van der Waals surface area contributed by atoms with E-state index in [0.717, 1.165) is 18.7 Å². The van der Waals surface area contributed by atoms with Gasteiger partial charge in [0.25, 0.3) is 5.91 Å². The van der Waals surface area contributed by atoms with E-state index in [2.05, 4.69) is 10.2 Å². The van der Waals surface area contributed by atoms with Crippen LogP contribution in [0.3, 0.4) is 0 Å². The fourth-order valence-electron chi connectivity index (χ4n) is 2.31. The summed E-state index contributed by atoms with van der Waals surface area (Å²) in [5.41, 5.74) is 1.69. The molecule has 1 aliphatic rings. The van der Waals surface area contributed by atoms with E-state index in [4.69, 9.17) is 11.6 Å². The summed E-state index contributed by atoms with van der Waals surface area (Å²) in [5, 5.41) is 2.61. The molecule has 2 amide bonds. The number of nitrogens with one attached hydrogen (secondary N) is 1. The second-order valence-corrected chi connectivity index (χ2v) is 5.34. The molecule has 0 bridgehead atoms. The van der Waals surface area contributed by atoms with Gasteiger partial charge in [-0.25, -0.2) is 0 Å². The molecular weight excluding hydrogens is 290 g/mol. The summed E-state index contributed by atoms with van der Waals surface area (Å²) >= 11 is 5.74. The molecule has 0 aromatic heterocycles. The summed E-state index contributed by atoms with van der Waals surface area (Å²) in [5.74, 6) is 0.495. The van der Waals surface area contributed by atoms with Crippen LogP contribution in [0.15, 0.2) is 24.3 Å². The fourth-order valence-corrected chi connectivity index (χ4v) is 2.49. The van der Waals surface area contributed by atoms with Crippen LogP contribution in [0.5, 0.6) is 0 Å². The molecule has 0 aliphatic carbocycles. The number of benzene rings is 1. The molecule has 1 N–H and O–H groups in total. The molecule has 0 saturated carbocycles. The molecule has 0 spiro atoms. The lowest BCUT2D eigenvalue weighted by Crippen LogP contribution is -2.50. The zero-order valence-corrected chi connectivity index (χ0v) is 12.9. The van der Waals surface area contributed by atoms with E-state index in [1.807, 2.05) is 29.2 Å². The minimum absolute atomic E-state index is 0.00596. The van der Waals surface area contributed by atoms with Gasteiger partial charge in [-0.15, -0.1) is 11.6 Å². The Kier molecular flexibility index (Phi) is 5.59. The van der Waals surface area contributed by atoms with E-state index in [1.165, 1.54) is 0 Å². The Bertz CT molecular complexity index is 496. The lowest BCUT2D eigenvalue weighted by Gasteiger charge is -2.34. The summed E-state index contributed by atoms with van der Waals surface area (Å²) in [6, 6.07) is 7.39. The van der Waals surface area contributed by atoms with Gasteiger partial charge in [-0.3, -0.25) is 14.5 Å². The third kappa shape index (κ3) is 4.19. The van der Waals surface area contributed by atoms with Crippen LogP contribution in [0.2, 0.25) is 0 Å². The standard InChI is InChI=1S/C15H20ClN3O2/c1-17-14(20)11-18-6-8-19(9-7-18)15(21)13-4-2-12(10-16)3-5-13/h2-5H,6-11H2,1H3,(H,17,20). The Labute approximate surface area is 129 Å². The molecule has 1 aromatic carbocycles. The van der Waals surface area contributed by atoms with Gasteiger partial charge in [-0.2, -0.15) is 0 Å². The number of piperazine rings is 1. The van der Waals surface area contributed by atoms with Gasteiger partial charge in [-0.05, 0) is 17.7 Å². The zero-order chi connectivity index (χ0) is 15.2. The Morgan fingerprint density at radius 2 is 1.76 bits per heavy atom. The van der Waals surface area contributed by atoms with Crippen LogP contribution in [0.25, 0.3) is 0 Å². The van der Waals surface area contributed by atoms with Crippen LogP contribution in [-0.2, 0) is 10.7 Å². The SMILES string of the molecule is CNC(=O)CN1CCN(C(=O)c2ccc(CCl)cc2)CC1. The van der Waals surface area contributed by atoms with E-state index in [1.54, 1.807) is 7.05 Å². The van der Waals surface area contributed by atoms with Crippen molar-refractivity contribution in [2.24, 2.45) is 0 Å². The predicted octanol–water partition coefficient (Wildman–Crippen LogP) is 0.929. The smallest absolute Gasteiger partial charge is 0.253 e. The maximum absolute atomic E-state index is 12.4. The number of halogens is 1. The van der Waals surface area contributed by atoms with Gasteiger partial charge in [0.1, 0.15) is 0 Å². The molecule has 0 unspecified atom stereocenters. The number of amides is 2. The van der Waals surface area contributed by atoms with Gasteiger partial charge in [0, 0.05) is 44.7 Å². The summed E-state index contributed by atoms with van der Waals surface area (Å²) in [6.07, 6.45) is 0. The molecule has 2 rings (SSSR count). The molecule has 1 aliphatic heterocycles. The van der Waals surface area contributed by atoms with Gasteiger partial charge in [-0.1, -0.05) is 12.1 Å². The molecule has 6 heteroatoms. The highest BCUT2D eigenvalue weighted by Gasteiger charge is 2.22. The lowest BCUT2D eigenvalue weighted by molar-refractivity contribution is -0.122. The van der Waals surface area contributed by atoms with E-state index >= 15 is 0 Å². The van der Waals surface area contributed by atoms with Gasteiger partial charge >= 0.3 is 0 Å². The first kappa shape index (κ1) is 15.8. The van der Waals surface area contributed by atoms with Crippen molar-refractivity contribution in [3.8, 4) is 0 Å². The number of alkyl halides is 1. The third-order valence-electron chi connectivity index (χ3n) is 3.66. The van der Waals surface area contributed by atoms with Crippen LogP contribution in [-0.4, -0.2) is 61.4 Å². The van der Waals surface area contributed by atoms with Crippen LogP contribution in [0.4, 0.5) is 0 Å². The van der Waals surface area contributed by atoms with E-state index in [0.29, 0.717) is 31.1 Å². The van der Waals surface area contributed by atoms with Crippen molar-refractivity contribution < 1.29 is 9.59 Å². The molecular formula is C15H20ClN3O2. The number of carbonyl (C=O) groups is 2. The number of hydrogen-bond donors (Lipinski definition) is 1. The van der Waals surface area contributed by atoms with Crippen LogP contribution in [0, 0.1) is 0 Å². The second kappa shape index (κ2) is 7.43. The quantitative estimate of drug-likeness (QED) is 0.842. The zero-order valence-electron chi connectivity index (χ0n) is 12.1. The minimum Gasteiger partial charge on any atom is -0.358 e. The predicted molar refractivity (Wildman–Crippen MR) is 82.4 cm³/mol. The van der Waals surface area contributed by atoms with Gasteiger partial charge in [0.2, 0.25) is 5.91 Å². The monoisotopic (exact) mass is 309 g/mol. The molecule has 114 valence electrons. The van der Waals surface area contributed by atoms with E-state index in [9.17, 15) is 9.59 Å². The maximum atomic E-state index is 12.4. The molecule has 0 atom stereocenters. The summed E-state index contributed by atoms with van der Waals surface area (Å²) in [6.45, 7) is 3.13. The van der Waals surface area contributed by atoms with Crippen LogP contribution in [0.1, 0.15) is 15.9 Å². The number of nitrogens with zero attached hydrogens (tertiary/aromatic N) is 2. The highest BCUT2D eigenvalue weighted by Crippen LogP contribution is 2.11. The van der Waals surface area contributed by atoms with Gasteiger partial charge < -0.3 is 10.2 Å². The largest absolute Gasteiger partial charge is 0.358 e. The second-order valence-electron chi connectivity index (χ2n) is 5.07. The number of rotatable bonds is 4. The molecule has 1 aromatic rings. The Hall–Kier alpha value is -1.59. The van der Waals surface area contributed by atoms with Crippen LogP contribution < -0.4 is 5.32 Å². The van der Waals surface area contributed by atoms with Gasteiger partial charge in [0.05, 0.1) is 6.54 Å². The molecule has 1 saturated heterocycles. The average Bonchev–Trinajstić information content (AvgIpc) is 2.55. The van der Waals surface area contributed by atoms with Crippen molar-refractivity contribution in [1.29, 1.82) is 0 Å². The first-order valence-electron chi connectivity index (χ1n) is 7.01. The maximum Gasteiger partial charge on any atom is 0.253 e. The molecule has 0 radical (unpaired) electrons. The van der Waals surface area contributed by atoms with Gasteiger partial charge in [0.15, 0.2) is 0 Å². The summed E-state index contributed by atoms with van der Waals surface area (Å²) in [4.78, 5) is 27.6. The molecule has 21 heavy (non-hydrogen) atoms. The topological polar surface area (TPSA) is 52.7 Å².